The maximum atomic E-state index is 14.4. The van der Waals surface area contributed by atoms with Crippen molar-refractivity contribution in [1.29, 1.82) is 0 Å². The van der Waals surface area contributed by atoms with Crippen LogP contribution in [0.25, 0.3) is 27.7 Å². The normalized spacial score (nSPS) is 15.5. The van der Waals surface area contributed by atoms with Gasteiger partial charge in [0.15, 0.2) is 0 Å². The largest absolute Gasteiger partial charge is 0.497 e. The number of anilines is 1. The van der Waals surface area contributed by atoms with Gasteiger partial charge >= 0.3 is 6.18 Å². The number of hydrogen-bond acceptors (Lipinski definition) is 7. The van der Waals surface area contributed by atoms with Gasteiger partial charge in [-0.05, 0) is 48.4 Å². The molecule has 9 nitrogen and oxygen atoms in total. The highest BCUT2D eigenvalue weighted by molar-refractivity contribution is 5.95. The van der Waals surface area contributed by atoms with Crippen molar-refractivity contribution < 1.29 is 37.6 Å². The number of halogens is 3. The Kier molecular flexibility index (Phi) is 8.48. The number of hydrogen-bond donors (Lipinski definition) is 2. The van der Waals surface area contributed by atoms with E-state index in [4.69, 9.17) is 19.3 Å². The molecular weight excluding hydrogens is 555 g/mol. The third-order valence-corrected chi connectivity index (χ3v) is 7.44. The van der Waals surface area contributed by atoms with Crippen LogP contribution in [0, 0.1) is 0 Å². The molecule has 0 bridgehead atoms. The van der Waals surface area contributed by atoms with Crippen LogP contribution >= 0.6 is 0 Å². The number of fused-ring (bicyclic) bond motifs is 1. The summed E-state index contributed by atoms with van der Waals surface area (Å²) in [6.45, 7) is 0.857. The van der Waals surface area contributed by atoms with Crippen molar-refractivity contribution in [2.24, 2.45) is 0 Å². The van der Waals surface area contributed by atoms with Crippen molar-refractivity contribution in [2.45, 2.75) is 25.2 Å². The summed E-state index contributed by atoms with van der Waals surface area (Å²) in [5.74, 6) is 0.935. The Labute approximate surface area is 239 Å². The van der Waals surface area contributed by atoms with E-state index in [9.17, 15) is 23.1 Å². The zero-order chi connectivity index (χ0) is 30.0. The number of aromatic nitrogens is 2. The van der Waals surface area contributed by atoms with Crippen molar-refractivity contribution in [3.8, 4) is 28.3 Å². The van der Waals surface area contributed by atoms with Gasteiger partial charge in [0.25, 0.3) is 5.56 Å². The average molecular weight is 588 g/mol. The van der Waals surface area contributed by atoms with E-state index in [0.717, 1.165) is 10.6 Å². The molecule has 0 unspecified atom stereocenters. The quantitative estimate of drug-likeness (QED) is 0.289. The monoisotopic (exact) mass is 587 g/mol. The molecule has 1 aliphatic heterocycles. The molecule has 3 heterocycles. The summed E-state index contributed by atoms with van der Waals surface area (Å²) in [6.07, 6.45) is -1.22. The van der Waals surface area contributed by atoms with E-state index in [1.54, 1.807) is 30.5 Å². The maximum absolute atomic E-state index is 14.4. The first-order valence-electron chi connectivity index (χ1n) is 13.5. The second-order valence-electron chi connectivity index (χ2n) is 9.96. The topological polar surface area (TPSA) is 98.3 Å². The summed E-state index contributed by atoms with van der Waals surface area (Å²) < 4.78 is 62.2. The average Bonchev–Trinajstić information content (AvgIpc) is 3.63. The first kappa shape index (κ1) is 29.5. The highest BCUT2D eigenvalue weighted by atomic mass is 19.4. The zero-order valence-electron chi connectivity index (χ0n) is 23.2. The van der Waals surface area contributed by atoms with Gasteiger partial charge in [0, 0.05) is 54.7 Å². The molecular formula is C30H32F3N3O6. The number of aliphatic hydroxyl groups excluding tert-OH is 2. The number of rotatable bonds is 10. The van der Waals surface area contributed by atoms with Crippen LogP contribution in [-0.4, -0.2) is 72.6 Å². The third kappa shape index (κ3) is 5.69. The van der Waals surface area contributed by atoms with Crippen LogP contribution in [0.3, 0.4) is 0 Å². The molecule has 224 valence electrons. The molecule has 42 heavy (non-hydrogen) atoms. The van der Waals surface area contributed by atoms with Crippen LogP contribution in [0.1, 0.15) is 12.0 Å². The Hall–Kier alpha value is -4.00. The lowest BCUT2D eigenvalue weighted by Crippen LogP contribution is -2.26. The number of alkyl halides is 3. The number of nitrogens with zero attached hydrogens (tertiary/aromatic N) is 3. The van der Waals surface area contributed by atoms with Gasteiger partial charge in [-0.2, -0.15) is 13.2 Å². The lowest BCUT2D eigenvalue weighted by Gasteiger charge is -2.23. The predicted molar refractivity (Wildman–Crippen MR) is 152 cm³/mol. The molecule has 0 amide bonds. The van der Waals surface area contributed by atoms with Crippen LogP contribution in [0.2, 0.25) is 0 Å². The number of ether oxygens (including phenoxy) is 3. The van der Waals surface area contributed by atoms with Crippen LogP contribution < -0.4 is 19.9 Å². The molecule has 0 radical (unpaired) electrons. The Morgan fingerprint density at radius 1 is 1.00 bits per heavy atom. The first-order chi connectivity index (χ1) is 20.2. The van der Waals surface area contributed by atoms with E-state index in [2.05, 4.69) is 0 Å². The van der Waals surface area contributed by atoms with Crippen LogP contribution in [0.4, 0.5) is 18.9 Å². The summed E-state index contributed by atoms with van der Waals surface area (Å²) in [4.78, 5) is 15.9. The number of pyridine rings is 1. The Bertz CT molecular complexity index is 1610. The van der Waals surface area contributed by atoms with Gasteiger partial charge in [0.1, 0.15) is 17.0 Å². The van der Waals surface area contributed by atoms with E-state index >= 15 is 0 Å². The van der Waals surface area contributed by atoms with E-state index in [0.29, 0.717) is 53.2 Å². The SMILES string of the molecule is COc1cc(OC)cc(-c2cn(-c3cc(N4CC[C@H](OCCO)C4)ccc3C(F)(F)F)c(=O)c3c2ccn3CCO)c1. The summed E-state index contributed by atoms with van der Waals surface area (Å²) in [7, 11) is 2.98. The molecule has 1 saturated heterocycles. The fourth-order valence-corrected chi connectivity index (χ4v) is 5.44. The minimum atomic E-state index is -4.74. The molecule has 1 atom stereocenters. The van der Waals surface area contributed by atoms with Gasteiger partial charge in [-0.3, -0.25) is 9.36 Å². The lowest BCUT2D eigenvalue weighted by molar-refractivity contribution is -0.137. The maximum Gasteiger partial charge on any atom is 0.418 e. The molecule has 1 aliphatic rings. The second kappa shape index (κ2) is 12.1. The standard InChI is InChI=1S/C30H32F3N3O6/c1-40-22-13-19(14-23(16-22)41-2)25-18-36(29(39)28-24(25)6-8-34(28)9-10-37)27-15-20(3-4-26(27)30(31,32)33)35-7-5-21(17-35)42-12-11-38/h3-4,6,8,13-16,18,21,37-38H,5,7,9-12,17H2,1-2H3/t21-/m0/s1. The summed E-state index contributed by atoms with van der Waals surface area (Å²) in [5, 5.41) is 19.2. The molecule has 2 aromatic heterocycles. The van der Waals surface area contributed by atoms with Crippen molar-refractivity contribution >= 4 is 16.6 Å². The smallest absolute Gasteiger partial charge is 0.418 e. The van der Waals surface area contributed by atoms with E-state index in [-0.39, 0.29) is 43.7 Å². The molecule has 0 spiro atoms. The molecule has 1 fully saturated rings. The number of benzene rings is 2. The predicted octanol–water partition coefficient (Wildman–Crippen LogP) is 4.08. The molecule has 5 rings (SSSR count). The van der Waals surface area contributed by atoms with Crippen LogP contribution in [0.5, 0.6) is 11.5 Å². The number of aliphatic hydroxyl groups is 2. The van der Waals surface area contributed by atoms with Crippen LogP contribution in [0.15, 0.2) is 59.7 Å². The van der Waals surface area contributed by atoms with Crippen molar-refractivity contribution in [2.75, 3.05) is 52.0 Å². The van der Waals surface area contributed by atoms with Gasteiger partial charge in [-0.15, -0.1) is 0 Å². The van der Waals surface area contributed by atoms with E-state index in [1.165, 1.54) is 37.1 Å². The Morgan fingerprint density at radius 3 is 2.38 bits per heavy atom. The van der Waals surface area contributed by atoms with Gasteiger partial charge in [0.2, 0.25) is 0 Å². The van der Waals surface area contributed by atoms with Gasteiger partial charge in [0.05, 0.1) is 51.4 Å². The highest BCUT2D eigenvalue weighted by Gasteiger charge is 2.35. The summed E-state index contributed by atoms with van der Waals surface area (Å²) >= 11 is 0. The molecule has 0 aliphatic carbocycles. The van der Waals surface area contributed by atoms with E-state index < -0.39 is 17.3 Å². The molecule has 4 aromatic rings. The Morgan fingerprint density at radius 2 is 1.74 bits per heavy atom. The Balaban J connectivity index is 1.74. The fraction of sp³-hybridized carbons (Fsp3) is 0.367. The van der Waals surface area contributed by atoms with Crippen molar-refractivity contribution in [3.63, 3.8) is 0 Å². The van der Waals surface area contributed by atoms with Gasteiger partial charge < -0.3 is 33.9 Å². The number of methoxy groups -OCH3 is 2. The minimum absolute atomic E-state index is 0.0821. The first-order valence-corrected chi connectivity index (χ1v) is 13.5. The van der Waals surface area contributed by atoms with Crippen molar-refractivity contribution in [1.82, 2.24) is 9.13 Å². The molecule has 0 saturated carbocycles. The fourth-order valence-electron chi connectivity index (χ4n) is 5.44. The lowest BCUT2D eigenvalue weighted by atomic mass is 10.0. The van der Waals surface area contributed by atoms with Crippen LogP contribution in [-0.2, 0) is 17.5 Å². The zero-order valence-corrected chi connectivity index (χ0v) is 23.2. The molecule has 2 N–H and O–H groups in total. The van der Waals surface area contributed by atoms with Gasteiger partial charge in [-0.25, -0.2) is 0 Å². The highest BCUT2D eigenvalue weighted by Crippen LogP contribution is 2.39. The van der Waals surface area contributed by atoms with Gasteiger partial charge in [-0.1, -0.05) is 0 Å². The molecule has 12 heteroatoms. The minimum Gasteiger partial charge on any atom is -0.497 e. The second-order valence-corrected chi connectivity index (χ2v) is 9.96. The molecule has 2 aromatic carbocycles. The van der Waals surface area contributed by atoms with Crippen molar-refractivity contribution in [3.05, 3.63) is 70.8 Å². The summed E-state index contributed by atoms with van der Waals surface area (Å²) in [5.41, 5.74) is -0.226. The third-order valence-electron chi connectivity index (χ3n) is 7.44. The van der Waals surface area contributed by atoms with E-state index in [1.807, 2.05) is 4.90 Å². The summed E-state index contributed by atoms with van der Waals surface area (Å²) in [6, 6.07) is 10.6.